The van der Waals surface area contributed by atoms with Gasteiger partial charge in [0.1, 0.15) is 5.82 Å². The van der Waals surface area contributed by atoms with Crippen molar-refractivity contribution in [2.75, 3.05) is 19.5 Å². The molecule has 0 spiro atoms. The molecule has 12 heteroatoms. The maximum absolute atomic E-state index is 14.0. The fourth-order valence-corrected chi connectivity index (χ4v) is 4.43. The van der Waals surface area contributed by atoms with E-state index in [4.69, 9.17) is 9.47 Å². The summed E-state index contributed by atoms with van der Waals surface area (Å²) in [5.74, 6) is 0.409. The number of anilines is 1. The smallest absolute Gasteiger partial charge is 0.410 e. The van der Waals surface area contributed by atoms with Crippen molar-refractivity contribution in [3.05, 3.63) is 83.8 Å². The maximum Gasteiger partial charge on any atom is 0.410 e. The number of halogens is 3. The van der Waals surface area contributed by atoms with Gasteiger partial charge in [0, 0.05) is 31.4 Å². The monoisotopic (exact) mass is 526 g/mol. The number of aromatic nitrogens is 4. The molecule has 0 bridgehead atoms. The minimum atomic E-state index is -4.57. The summed E-state index contributed by atoms with van der Waals surface area (Å²) in [4.78, 5) is 12.8. The summed E-state index contributed by atoms with van der Waals surface area (Å²) in [6.45, 7) is 0.185. The molecule has 0 radical (unpaired) electrons. The van der Waals surface area contributed by atoms with Crippen molar-refractivity contribution in [2.45, 2.75) is 31.2 Å². The topological polar surface area (TPSA) is 95.2 Å². The Morgan fingerprint density at radius 3 is 2.53 bits per heavy atom. The number of alkyl halides is 3. The fourth-order valence-electron chi connectivity index (χ4n) is 4.43. The summed E-state index contributed by atoms with van der Waals surface area (Å²) >= 11 is 0. The maximum atomic E-state index is 14.0. The standard InChI is InChI=1S/C26H25F3N6O3/c1-37-21-9-6-17(12-22(21)38-2)19-13-23(26(27,28)29)35-24(32-19)14-20(33-35)25(36)30-15-16-4-7-18(8-5-16)34-11-3-10-31-34/h3-12,14,19,23,32H,13,15H2,1-2H3,(H,30,36)/t19-,23-/m1/s1. The summed E-state index contributed by atoms with van der Waals surface area (Å²) in [7, 11) is 2.94. The zero-order valence-electron chi connectivity index (χ0n) is 20.6. The van der Waals surface area contributed by atoms with Crippen LogP contribution in [0.15, 0.2) is 67.0 Å². The molecule has 0 aliphatic carbocycles. The number of hydrogen-bond acceptors (Lipinski definition) is 6. The Morgan fingerprint density at radius 1 is 1.11 bits per heavy atom. The van der Waals surface area contributed by atoms with Crippen molar-refractivity contribution in [2.24, 2.45) is 0 Å². The third kappa shape index (κ3) is 5.01. The van der Waals surface area contributed by atoms with Gasteiger partial charge in [-0.15, -0.1) is 0 Å². The van der Waals surface area contributed by atoms with Gasteiger partial charge in [0.15, 0.2) is 23.2 Å². The first kappa shape index (κ1) is 25.2. The van der Waals surface area contributed by atoms with Crippen LogP contribution in [-0.2, 0) is 6.54 Å². The molecule has 3 heterocycles. The second-order valence-electron chi connectivity index (χ2n) is 8.76. The molecule has 1 aliphatic heterocycles. The number of methoxy groups -OCH3 is 2. The van der Waals surface area contributed by atoms with Gasteiger partial charge in [-0.2, -0.15) is 23.4 Å². The summed E-state index contributed by atoms with van der Waals surface area (Å²) in [5.41, 5.74) is 2.16. The number of carbonyl (C=O) groups excluding carboxylic acids is 1. The number of nitrogens with one attached hydrogen (secondary N) is 2. The van der Waals surface area contributed by atoms with Gasteiger partial charge in [-0.05, 0) is 41.5 Å². The molecule has 5 rings (SSSR count). The third-order valence-electron chi connectivity index (χ3n) is 6.39. The first-order chi connectivity index (χ1) is 18.3. The van der Waals surface area contributed by atoms with E-state index in [1.165, 1.54) is 20.3 Å². The van der Waals surface area contributed by atoms with Gasteiger partial charge < -0.3 is 20.1 Å². The van der Waals surface area contributed by atoms with Crippen LogP contribution in [-0.4, -0.2) is 45.9 Å². The van der Waals surface area contributed by atoms with Gasteiger partial charge in [0.2, 0.25) is 0 Å². The normalized spacial score (nSPS) is 16.9. The Morgan fingerprint density at radius 2 is 1.87 bits per heavy atom. The number of amides is 1. The van der Waals surface area contributed by atoms with Gasteiger partial charge in [0.25, 0.3) is 5.91 Å². The zero-order chi connectivity index (χ0) is 26.9. The molecule has 198 valence electrons. The molecule has 9 nitrogen and oxygen atoms in total. The first-order valence-electron chi connectivity index (χ1n) is 11.8. The quantitative estimate of drug-likeness (QED) is 0.363. The third-order valence-corrected chi connectivity index (χ3v) is 6.39. The van der Waals surface area contributed by atoms with E-state index in [1.807, 2.05) is 36.5 Å². The number of fused-ring (bicyclic) bond motifs is 1. The van der Waals surface area contributed by atoms with Crippen LogP contribution in [0, 0.1) is 0 Å². The van der Waals surface area contributed by atoms with Crippen LogP contribution in [0.25, 0.3) is 5.69 Å². The number of benzene rings is 2. The Kier molecular flexibility index (Phi) is 6.70. The van der Waals surface area contributed by atoms with E-state index < -0.39 is 24.2 Å². The van der Waals surface area contributed by atoms with Crippen LogP contribution in [0.1, 0.15) is 40.1 Å². The lowest BCUT2D eigenvalue weighted by Crippen LogP contribution is -2.35. The van der Waals surface area contributed by atoms with Gasteiger partial charge in [-0.3, -0.25) is 4.79 Å². The van der Waals surface area contributed by atoms with Crippen molar-refractivity contribution in [3.63, 3.8) is 0 Å². The van der Waals surface area contributed by atoms with Crippen molar-refractivity contribution in [3.8, 4) is 17.2 Å². The molecule has 2 aromatic heterocycles. The van der Waals surface area contributed by atoms with Crippen molar-refractivity contribution in [1.29, 1.82) is 0 Å². The summed E-state index contributed by atoms with van der Waals surface area (Å²) in [5, 5.41) is 14.0. The molecular formula is C26H25F3N6O3. The van der Waals surface area contributed by atoms with E-state index in [9.17, 15) is 18.0 Å². The van der Waals surface area contributed by atoms with Crippen molar-refractivity contribution >= 4 is 11.7 Å². The molecule has 1 aliphatic rings. The van der Waals surface area contributed by atoms with E-state index in [-0.39, 0.29) is 24.5 Å². The van der Waals surface area contributed by atoms with E-state index in [0.717, 1.165) is 15.9 Å². The number of rotatable bonds is 7. The molecule has 0 fully saturated rings. The first-order valence-corrected chi connectivity index (χ1v) is 11.8. The predicted molar refractivity (Wildman–Crippen MR) is 133 cm³/mol. The minimum absolute atomic E-state index is 0.104. The molecule has 38 heavy (non-hydrogen) atoms. The van der Waals surface area contributed by atoms with Crippen molar-refractivity contribution in [1.82, 2.24) is 24.9 Å². The average molecular weight is 527 g/mol. The molecule has 2 N–H and O–H groups in total. The fraction of sp³-hybridized carbons (Fsp3) is 0.269. The molecule has 2 atom stereocenters. The van der Waals surface area contributed by atoms with E-state index in [2.05, 4.69) is 20.8 Å². The Hall–Kier alpha value is -4.48. The zero-order valence-corrected chi connectivity index (χ0v) is 20.6. The predicted octanol–water partition coefficient (Wildman–Crippen LogP) is 4.68. The molecule has 1 amide bonds. The Bertz CT molecular complexity index is 1420. The van der Waals surface area contributed by atoms with Crippen LogP contribution in [0.3, 0.4) is 0 Å². The van der Waals surface area contributed by atoms with Crippen LogP contribution in [0.5, 0.6) is 11.5 Å². The average Bonchev–Trinajstić information content (AvgIpc) is 3.61. The highest BCUT2D eigenvalue weighted by Gasteiger charge is 2.47. The van der Waals surface area contributed by atoms with Gasteiger partial charge in [0.05, 0.1) is 25.9 Å². The summed E-state index contributed by atoms with van der Waals surface area (Å²) < 4.78 is 55.2. The van der Waals surface area contributed by atoms with E-state index in [1.54, 1.807) is 29.1 Å². The molecule has 2 aromatic carbocycles. The van der Waals surface area contributed by atoms with Crippen molar-refractivity contribution < 1.29 is 27.4 Å². The molecule has 0 saturated carbocycles. The lowest BCUT2D eigenvalue weighted by atomic mass is 9.96. The lowest BCUT2D eigenvalue weighted by Gasteiger charge is -2.33. The van der Waals surface area contributed by atoms with E-state index >= 15 is 0 Å². The number of carbonyl (C=O) groups is 1. The highest BCUT2D eigenvalue weighted by Crippen LogP contribution is 2.44. The molecule has 4 aromatic rings. The largest absolute Gasteiger partial charge is 0.493 e. The van der Waals surface area contributed by atoms with Gasteiger partial charge >= 0.3 is 6.18 Å². The van der Waals surface area contributed by atoms with Crippen LogP contribution in [0.2, 0.25) is 0 Å². The van der Waals surface area contributed by atoms with Crippen LogP contribution < -0.4 is 20.1 Å². The summed E-state index contributed by atoms with van der Waals surface area (Å²) in [6, 6.07) is 12.9. The minimum Gasteiger partial charge on any atom is -0.493 e. The molecule has 0 unspecified atom stereocenters. The van der Waals surface area contributed by atoms with Crippen LogP contribution >= 0.6 is 0 Å². The summed E-state index contributed by atoms with van der Waals surface area (Å²) in [6.07, 6.45) is -1.39. The highest BCUT2D eigenvalue weighted by molar-refractivity contribution is 5.93. The number of nitrogens with zero attached hydrogens (tertiary/aromatic N) is 4. The number of hydrogen-bond donors (Lipinski definition) is 2. The van der Waals surface area contributed by atoms with Gasteiger partial charge in [-0.25, -0.2) is 9.36 Å². The second kappa shape index (κ2) is 10.1. The second-order valence-corrected chi connectivity index (χ2v) is 8.76. The lowest BCUT2D eigenvalue weighted by molar-refractivity contribution is -0.173. The van der Waals surface area contributed by atoms with Gasteiger partial charge in [-0.1, -0.05) is 18.2 Å². The van der Waals surface area contributed by atoms with E-state index in [0.29, 0.717) is 17.1 Å². The molecule has 0 saturated heterocycles. The Balaban J connectivity index is 1.33. The Labute approximate surface area is 216 Å². The highest BCUT2D eigenvalue weighted by atomic mass is 19.4. The number of ether oxygens (including phenoxy) is 2. The molecular weight excluding hydrogens is 501 g/mol. The van der Waals surface area contributed by atoms with Crippen LogP contribution in [0.4, 0.5) is 19.0 Å². The SMILES string of the molecule is COc1ccc([C@H]2C[C@H](C(F)(F)F)n3nc(C(=O)NCc4ccc(-n5cccn5)cc4)cc3N2)cc1OC.